The number of halogens is 1. The molecule has 6 heteroatoms. The molecule has 5 nitrogen and oxygen atoms in total. The predicted octanol–water partition coefficient (Wildman–Crippen LogP) is 5.18. The Bertz CT molecular complexity index is 792. The highest BCUT2D eigenvalue weighted by atomic mass is 79.9. The second-order valence-electron chi connectivity index (χ2n) is 5.83. The van der Waals surface area contributed by atoms with Crippen molar-refractivity contribution >= 4 is 39.3 Å². The van der Waals surface area contributed by atoms with Gasteiger partial charge in [0.2, 0.25) is 0 Å². The minimum absolute atomic E-state index is 0.260. The Hall–Kier alpha value is -2.34. The first kappa shape index (κ1) is 20.0. The molecule has 0 radical (unpaired) electrons. The van der Waals surface area contributed by atoms with Gasteiger partial charge >= 0.3 is 6.09 Å². The Morgan fingerprint density at radius 1 is 1.15 bits per heavy atom. The molecule has 0 aromatic heterocycles. The van der Waals surface area contributed by atoms with Crippen LogP contribution in [0.2, 0.25) is 0 Å². The predicted molar refractivity (Wildman–Crippen MR) is 107 cm³/mol. The molecular formula is C20H23BrN2O3. The number of rotatable bonds is 6. The van der Waals surface area contributed by atoms with Crippen LogP contribution < -0.4 is 10.6 Å². The van der Waals surface area contributed by atoms with Crippen molar-refractivity contribution in [1.29, 1.82) is 0 Å². The monoisotopic (exact) mass is 418 g/mol. The van der Waals surface area contributed by atoms with E-state index >= 15 is 0 Å². The lowest BCUT2D eigenvalue weighted by Gasteiger charge is -2.22. The molecule has 2 N–H and O–H groups in total. The van der Waals surface area contributed by atoms with Crippen LogP contribution in [0, 0.1) is 0 Å². The Labute approximate surface area is 162 Å². The zero-order valence-electron chi connectivity index (χ0n) is 15.0. The van der Waals surface area contributed by atoms with Crippen LogP contribution in [-0.2, 0) is 11.2 Å². The number of nitrogens with zero attached hydrogens (tertiary/aromatic N) is 1. The van der Waals surface area contributed by atoms with E-state index < -0.39 is 12.0 Å². The fourth-order valence-corrected chi connectivity index (χ4v) is 3.10. The number of hydrogen-bond donors (Lipinski definition) is 1. The molecule has 2 aromatic carbocycles. The molecule has 0 aliphatic rings. The van der Waals surface area contributed by atoms with Gasteiger partial charge < -0.3 is 10.5 Å². The van der Waals surface area contributed by atoms with Gasteiger partial charge in [0.05, 0.1) is 17.9 Å². The lowest BCUT2D eigenvalue weighted by Crippen LogP contribution is -2.38. The summed E-state index contributed by atoms with van der Waals surface area (Å²) in [6, 6.07) is 12.0. The molecule has 2 rings (SSSR count). The summed E-state index contributed by atoms with van der Waals surface area (Å²) in [6.07, 6.45) is 1.76. The zero-order chi connectivity index (χ0) is 19.1. The first-order valence-corrected chi connectivity index (χ1v) is 9.43. The lowest BCUT2D eigenvalue weighted by molar-refractivity contribution is 0.0964. The van der Waals surface area contributed by atoms with Crippen molar-refractivity contribution < 1.29 is 14.3 Å². The van der Waals surface area contributed by atoms with E-state index in [0.29, 0.717) is 11.4 Å². The number of hydrogen-bond acceptors (Lipinski definition) is 4. The highest BCUT2D eigenvalue weighted by Gasteiger charge is 2.28. The maximum atomic E-state index is 13.0. The second-order valence-corrected chi connectivity index (χ2v) is 6.68. The summed E-state index contributed by atoms with van der Waals surface area (Å²) in [6.45, 7) is 4.30. The van der Waals surface area contributed by atoms with Gasteiger partial charge in [-0.3, -0.25) is 4.79 Å². The van der Waals surface area contributed by atoms with Crippen LogP contribution in [0.4, 0.5) is 16.2 Å². The molecule has 0 aliphatic heterocycles. The van der Waals surface area contributed by atoms with Crippen molar-refractivity contribution in [2.45, 2.75) is 33.1 Å². The number of nitrogen functional groups attached to an aromatic ring is 1. The van der Waals surface area contributed by atoms with E-state index in [2.05, 4.69) is 15.9 Å². The average Bonchev–Trinajstić information content (AvgIpc) is 2.62. The third-order valence-corrected chi connectivity index (χ3v) is 4.71. The summed E-state index contributed by atoms with van der Waals surface area (Å²) in [5.74, 6) is -0.513. The summed E-state index contributed by atoms with van der Waals surface area (Å²) in [5, 5.41) is 0. The summed E-state index contributed by atoms with van der Waals surface area (Å²) >= 11 is 3.49. The fourth-order valence-electron chi connectivity index (χ4n) is 2.45. The Morgan fingerprint density at radius 2 is 1.88 bits per heavy atom. The molecule has 0 unspecified atom stereocenters. The van der Waals surface area contributed by atoms with Gasteiger partial charge in [-0.1, -0.05) is 54.4 Å². The largest absolute Gasteiger partial charge is 0.449 e. The van der Waals surface area contributed by atoms with Crippen molar-refractivity contribution in [2.75, 3.05) is 17.2 Å². The maximum absolute atomic E-state index is 13.0. The van der Waals surface area contributed by atoms with Crippen LogP contribution in [0.5, 0.6) is 0 Å². The molecule has 0 saturated heterocycles. The topological polar surface area (TPSA) is 72.6 Å². The molecule has 2 amide bonds. The third kappa shape index (κ3) is 4.64. The molecule has 0 saturated carbocycles. The number of imide groups is 1. The Kier molecular flexibility index (Phi) is 7.21. The van der Waals surface area contributed by atoms with Gasteiger partial charge in [0.1, 0.15) is 0 Å². The van der Waals surface area contributed by atoms with Gasteiger partial charge in [0.15, 0.2) is 0 Å². The van der Waals surface area contributed by atoms with E-state index in [0.717, 1.165) is 34.2 Å². The standard InChI is InChI=1S/C20H23BrN2O3/c1-3-5-12-26-20(25)23(15-11-10-14(4-2)17(21)13-15)19(24)16-8-6-7-9-18(16)22/h6-11,13H,3-5,12,22H2,1-2H3. The van der Waals surface area contributed by atoms with Gasteiger partial charge in [-0.25, -0.2) is 9.69 Å². The molecule has 26 heavy (non-hydrogen) atoms. The van der Waals surface area contributed by atoms with E-state index in [9.17, 15) is 9.59 Å². The summed E-state index contributed by atoms with van der Waals surface area (Å²) in [4.78, 5) is 26.7. The first-order chi connectivity index (χ1) is 12.5. The van der Waals surface area contributed by atoms with E-state index in [1.807, 2.05) is 19.9 Å². The fraction of sp³-hybridized carbons (Fsp3) is 0.300. The van der Waals surface area contributed by atoms with Crippen molar-refractivity contribution in [3.8, 4) is 0 Å². The molecule has 138 valence electrons. The van der Waals surface area contributed by atoms with Crippen LogP contribution in [0.3, 0.4) is 0 Å². The van der Waals surface area contributed by atoms with Crippen molar-refractivity contribution in [2.24, 2.45) is 0 Å². The molecule has 0 aliphatic carbocycles. The lowest BCUT2D eigenvalue weighted by atomic mass is 10.1. The minimum atomic E-state index is -0.706. The average molecular weight is 419 g/mol. The molecule has 0 atom stereocenters. The van der Waals surface area contributed by atoms with Crippen LogP contribution in [0.25, 0.3) is 0 Å². The molecular weight excluding hydrogens is 396 g/mol. The number of para-hydroxylation sites is 1. The van der Waals surface area contributed by atoms with Gasteiger partial charge in [-0.2, -0.15) is 0 Å². The number of aryl methyl sites for hydroxylation is 1. The van der Waals surface area contributed by atoms with Gasteiger partial charge in [-0.05, 0) is 42.7 Å². The number of nitrogens with two attached hydrogens (primary N) is 1. The van der Waals surface area contributed by atoms with E-state index in [1.165, 1.54) is 0 Å². The number of benzene rings is 2. The number of carbonyl (C=O) groups excluding carboxylic acids is 2. The second kappa shape index (κ2) is 9.38. The normalized spacial score (nSPS) is 10.4. The quantitative estimate of drug-likeness (QED) is 0.518. The zero-order valence-corrected chi connectivity index (χ0v) is 16.6. The SMILES string of the molecule is CCCCOC(=O)N(C(=O)c1ccccc1N)c1ccc(CC)c(Br)c1. The smallest absolute Gasteiger partial charge is 0.421 e. The molecule has 0 bridgehead atoms. The number of anilines is 2. The highest BCUT2D eigenvalue weighted by molar-refractivity contribution is 9.10. The van der Waals surface area contributed by atoms with Gasteiger partial charge in [0, 0.05) is 10.2 Å². The Morgan fingerprint density at radius 3 is 2.50 bits per heavy atom. The van der Waals surface area contributed by atoms with Crippen molar-refractivity contribution in [3.05, 3.63) is 58.1 Å². The summed E-state index contributed by atoms with van der Waals surface area (Å²) in [7, 11) is 0. The van der Waals surface area contributed by atoms with Crippen molar-refractivity contribution in [3.63, 3.8) is 0 Å². The summed E-state index contributed by atoms with van der Waals surface area (Å²) in [5.41, 5.74) is 8.02. The van der Waals surface area contributed by atoms with Crippen LogP contribution in [0.1, 0.15) is 42.6 Å². The number of carbonyl (C=O) groups is 2. The Balaban J connectivity index is 2.42. The number of ether oxygens (including phenoxy) is 1. The molecule has 0 fully saturated rings. The van der Waals surface area contributed by atoms with Crippen LogP contribution in [-0.4, -0.2) is 18.6 Å². The summed E-state index contributed by atoms with van der Waals surface area (Å²) < 4.78 is 6.12. The van der Waals surface area contributed by atoms with Crippen molar-refractivity contribution in [1.82, 2.24) is 0 Å². The van der Waals surface area contributed by atoms with E-state index in [-0.39, 0.29) is 12.2 Å². The third-order valence-electron chi connectivity index (χ3n) is 3.98. The first-order valence-electron chi connectivity index (χ1n) is 8.63. The molecule has 0 spiro atoms. The van der Waals surface area contributed by atoms with Gasteiger partial charge in [0.25, 0.3) is 5.91 Å². The number of unbranched alkanes of at least 4 members (excludes halogenated alkanes) is 1. The van der Waals surface area contributed by atoms with Gasteiger partial charge in [-0.15, -0.1) is 0 Å². The highest BCUT2D eigenvalue weighted by Crippen LogP contribution is 2.27. The molecule has 0 heterocycles. The van der Waals surface area contributed by atoms with Crippen LogP contribution >= 0.6 is 15.9 Å². The van der Waals surface area contributed by atoms with E-state index in [4.69, 9.17) is 10.5 Å². The minimum Gasteiger partial charge on any atom is -0.449 e. The maximum Gasteiger partial charge on any atom is 0.421 e. The molecule has 2 aromatic rings. The van der Waals surface area contributed by atoms with Crippen LogP contribution in [0.15, 0.2) is 46.9 Å². The van der Waals surface area contributed by atoms with E-state index in [1.54, 1.807) is 36.4 Å². The number of amides is 2.